The van der Waals surface area contributed by atoms with Crippen LogP contribution in [0.25, 0.3) is 0 Å². The van der Waals surface area contributed by atoms with Crippen LogP contribution < -0.4 is 15.4 Å². The summed E-state index contributed by atoms with van der Waals surface area (Å²) >= 11 is 1.52. The lowest BCUT2D eigenvalue weighted by Crippen LogP contribution is -2.35. The maximum Gasteiger partial charge on any atom is 0.325 e. The van der Waals surface area contributed by atoms with Crippen LogP contribution in [0.3, 0.4) is 0 Å². The fourth-order valence-corrected chi connectivity index (χ4v) is 3.70. The number of nitrogens with one attached hydrogen (secondary N) is 2. The minimum absolute atomic E-state index is 0.303. The molecule has 0 saturated carbocycles. The van der Waals surface area contributed by atoms with Gasteiger partial charge in [0.2, 0.25) is 0 Å². The number of hydrogen-bond donors (Lipinski definition) is 2. The normalized spacial score (nSPS) is 11.3. The molecule has 3 rings (SSSR count). The number of carbonyl (C=O) groups is 3. The predicted octanol–water partition coefficient (Wildman–Crippen LogP) is 2.94. The molecule has 2 amide bonds. The van der Waals surface area contributed by atoms with E-state index in [1.165, 1.54) is 18.4 Å². The fraction of sp³-hybridized carbons (Fsp3) is 0.174. The van der Waals surface area contributed by atoms with Gasteiger partial charge in [0, 0.05) is 4.88 Å². The monoisotopic (exact) mass is 438 g/mol. The summed E-state index contributed by atoms with van der Waals surface area (Å²) in [5.41, 5.74) is 1.23. The molecule has 0 aliphatic rings. The smallest absolute Gasteiger partial charge is 0.325 e. The van der Waals surface area contributed by atoms with Gasteiger partial charge in [-0.1, -0.05) is 48.5 Å². The molecule has 0 aliphatic carbocycles. The molecule has 3 aromatic rings. The van der Waals surface area contributed by atoms with Gasteiger partial charge in [0.1, 0.15) is 12.3 Å². The van der Waals surface area contributed by atoms with Gasteiger partial charge in [-0.05, 0) is 29.1 Å². The first kappa shape index (κ1) is 22.0. The first-order valence-corrected chi connectivity index (χ1v) is 10.4. The van der Waals surface area contributed by atoms with Crippen LogP contribution in [0.4, 0.5) is 0 Å². The molecule has 160 valence electrons. The number of esters is 1. The van der Waals surface area contributed by atoms with E-state index in [1.54, 1.807) is 24.3 Å². The third-order valence-corrected chi connectivity index (χ3v) is 5.31. The highest BCUT2D eigenvalue weighted by atomic mass is 32.1. The molecule has 1 unspecified atom stereocenters. The van der Waals surface area contributed by atoms with Gasteiger partial charge in [-0.2, -0.15) is 0 Å². The van der Waals surface area contributed by atoms with E-state index in [4.69, 9.17) is 9.47 Å². The average molecular weight is 439 g/mol. The zero-order valence-electron chi connectivity index (χ0n) is 16.9. The van der Waals surface area contributed by atoms with Crippen LogP contribution in [0, 0.1) is 0 Å². The van der Waals surface area contributed by atoms with Crippen molar-refractivity contribution in [3.8, 4) is 5.75 Å². The Hall–Kier alpha value is -3.65. The molecule has 31 heavy (non-hydrogen) atoms. The lowest BCUT2D eigenvalue weighted by molar-refractivity contribution is -0.147. The Labute approximate surface area is 184 Å². The van der Waals surface area contributed by atoms with Crippen LogP contribution in [0.1, 0.15) is 26.8 Å². The number of rotatable bonds is 9. The largest absolute Gasteiger partial charge is 0.496 e. The molecular weight excluding hydrogens is 416 g/mol. The number of hydrogen-bond acceptors (Lipinski definition) is 6. The summed E-state index contributed by atoms with van der Waals surface area (Å²) < 4.78 is 10.1. The molecule has 0 radical (unpaired) electrons. The SMILES string of the molecule is COc1ccccc1C(=O)NCC(=O)OCC(=O)NC(c1ccccc1)c1cccs1. The Bertz CT molecular complexity index is 1020. The minimum atomic E-state index is -0.717. The van der Waals surface area contributed by atoms with Crippen LogP contribution in [0.5, 0.6) is 5.75 Å². The minimum Gasteiger partial charge on any atom is -0.496 e. The van der Waals surface area contributed by atoms with E-state index in [0.29, 0.717) is 11.3 Å². The van der Waals surface area contributed by atoms with E-state index >= 15 is 0 Å². The second kappa shape index (κ2) is 10.9. The summed E-state index contributed by atoms with van der Waals surface area (Å²) in [6.45, 7) is -0.810. The number of amides is 2. The van der Waals surface area contributed by atoms with Gasteiger partial charge in [0.25, 0.3) is 11.8 Å². The number of para-hydroxylation sites is 1. The van der Waals surface area contributed by atoms with Gasteiger partial charge in [-0.15, -0.1) is 11.3 Å². The fourth-order valence-electron chi connectivity index (χ4n) is 2.90. The highest BCUT2D eigenvalue weighted by molar-refractivity contribution is 7.10. The van der Waals surface area contributed by atoms with Gasteiger partial charge < -0.3 is 20.1 Å². The molecule has 0 fully saturated rings. The van der Waals surface area contributed by atoms with E-state index < -0.39 is 24.4 Å². The third kappa shape index (κ3) is 6.16. The summed E-state index contributed by atoms with van der Waals surface area (Å²) in [7, 11) is 1.46. The van der Waals surface area contributed by atoms with Gasteiger partial charge in [-0.3, -0.25) is 14.4 Å². The molecule has 0 saturated heterocycles. The molecular formula is C23H22N2O5S. The van der Waals surface area contributed by atoms with Gasteiger partial charge in [-0.25, -0.2) is 0 Å². The molecule has 7 nitrogen and oxygen atoms in total. The molecule has 0 spiro atoms. The zero-order chi connectivity index (χ0) is 22.1. The molecule has 1 atom stereocenters. The molecule has 2 N–H and O–H groups in total. The van der Waals surface area contributed by atoms with Crippen molar-refractivity contribution in [1.82, 2.24) is 10.6 Å². The number of carbonyl (C=O) groups excluding carboxylic acids is 3. The van der Waals surface area contributed by atoms with Crippen molar-refractivity contribution < 1.29 is 23.9 Å². The quantitative estimate of drug-likeness (QED) is 0.501. The Morgan fingerprint density at radius 2 is 1.71 bits per heavy atom. The van der Waals surface area contributed by atoms with E-state index in [0.717, 1.165) is 10.4 Å². The van der Waals surface area contributed by atoms with Gasteiger partial charge in [0.05, 0.1) is 18.7 Å². The zero-order valence-corrected chi connectivity index (χ0v) is 17.7. The highest BCUT2D eigenvalue weighted by Gasteiger charge is 2.19. The van der Waals surface area contributed by atoms with Crippen LogP contribution >= 0.6 is 11.3 Å². The molecule has 0 bridgehead atoms. The Morgan fingerprint density at radius 1 is 0.968 bits per heavy atom. The molecule has 8 heteroatoms. The summed E-state index contributed by atoms with van der Waals surface area (Å²) in [6, 6.07) is 19.7. The summed E-state index contributed by atoms with van der Waals surface area (Å²) in [6.07, 6.45) is 0. The van der Waals surface area contributed by atoms with E-state index in [1.807, 2.05) is 47.8 Å². The van der Waals surface area contributed by atoms with Crippen molar-refractivity contribution in [3.05, 3.63) is 88.1 Å². The number of benzene rings is 2. The van der Waals surface area contributed by atoms with Crippen molar-refractivity contribution in [3.63, 3.8) is 0 Å². The van der Waals surface area contributed by atoms with Crippen molar-refractivity contribution in [2.75, 3.05) is 20.3 Å². The molecule has 1 aromatic heterocycles. The van der Waals surface area contributed by atoms with Crippen LogP contribution in [-0.2, 0) is 14.3 Å². The van der Waals surface area contributed by atoms with E-state index in [9.17, 15) is 14.4 Å². The lowest BCUT2D eigenvalue weighted by Gasteiger charge is -2.18. The van der Waals surface area contributed by atoms with Gasteiger partial charge >= 0.3 is 5.97 Å². The third-order valence-electron chi connectivity index (χ3n) is 4.38. The maximum atomic E-state index is 12.4. The van der Waals surface area contributed by atoms with Crippen molar-refractivity contribution >= 4 is 29.1 Å². The van der Waals surface area contributed by atoms with Crippen LogP contribution in [-0.4, -0.2) is 38.0 Å². The Morgan fingerprint density at radius 3 is 2.42 bits per heavy atom. The number of thiophene rings is 1. The Kier molecular flexibility index (Phi) is 7.78. The van der Waals surface area contributed by atoms with Gasteiger partial charge in [0.15, 0.2) is 6.61 Å². The standard InChI is InChI=1S/C23H22N2O5S/c1-29-18-11-6-5-10-17(18)23(28)24-14-21(27)30-15-20(26)25-22(19-12-7-13-31-19)16-8-3-2-4-9-16/h2-13,22H,14-15H2,1H3,(H,24,28)(H,25,26). The van der Waals surface area contributed by atoms with Crippen molar-refractivity contribution in [2.24, 2.45) is 0 Å². The predicted molar refractivity (Wildman–Crippen MR) is 117 cm³/mol. The summed E-state index contributed by atoms with van der Waals surface area (Å²) in [4.78, 5) is 37.5. The van der Waals surface area contributed by atoms with Crippen LogP contribution in [0.2, 0.25) is 0 Å². The van der Waals surface area contributed by atoms with Crippen molar-refractivity contribution in [1.29, 1.82) is 0 Å². The number of ether oxygens (including phenoxy) is 2. The lowest BCUT2D eigenvalue weighted by atomic mass is 10.1. The first-order chi connectivity index (χ1) is 15.1. The first-order valence-electron chi connectivity index (χ1n) is 9.53. The summed E-state index contributed by atoms with van der Waals surface area (Å²) in [5, 5.41) is 7.28. The molecule has 2 aromatic carbocycles. The second-order valence-electron chi connectivity index (χ2n) is 6.47. The highest BCUT2D eigenvalue weighted by Crippen LogP contribution is 2.25. The second-order valence-corrected chi connectivity index (χ2v) is 7.45. The van der Waals surface area contributed by atoms with E-state index in [-0.39, 0.29) is 12.6 Å². The molecule has 0 aliphatic heterocycles. The maximum absolute atomic E-state index is 12.4. The topological polar surface area (TPSA) is 93.7 Å². The Balaban J connectivity index is 1.50. The van der Waals surface area contributed by atoms with E-state index in [2.05, 4.69) is 10.6 Å². The molecule has 1 heterocycles. The van der Waals surface area contributed by atoms with Crippen molar-refractivity contribution in [2.45, 2.75) is 6.04 Å². The average Bonchev–Trinajstić information content (AvgIpc) is 3.34. The number of methoxy groups -OCH3 is 1. The van der Waals surface area contributed by atoms with Crippen LogP contribution in [0.15, 0.2) is 72.1 Å². The summed E-state index contributed by atoms with van der Waals surface area (Å²) in [5.74, 6) is -1.23.